The number of halogens is 1. The molecule has 0 aliphatic rings. The monoisotopic (exact) mass is 301 g/mol. The number of nitrogens with one attached hydrogen (secondary N) is 1. The molecule has 112 valence electrons. The van der Waals surface area contributed by atoms with Crippen LogP contribution in [0.3, 0.4) is 0 Å². The molecule has 0 amide bonds. The SMILES string of the molecule is Fc1ccccc1C(C#Cc1ccccc1)Nc1ccccc1. The zero-order valence-corrected chi connectivity index (χ0v) is 12.5. The van der Waals surface area contributed by atoms with Gasteiger partial charge in [-0.15, -0.1) is 0 Å². The predicted octanol–water partition coefficient (Wildman–Crippen LogP) is 5.03. The van der Waals surface area contributed by atoms with Crippen LogP contribution in [0.15, 0.2) is 84.9 Å². The van der Waals surface area contributed by atoms with Crippen LogP contribution >= 0.6 is 0 Å². The fraction of sp³-hybridized carbons (Fsp3) is 0.0476. The highest BCUT2D eigenvalue weighted by Crippen LogP contribution is 2.21. The molecule has 1 nitrogen and oxygen atoms in total. The third kappa shape index (κ3) is 3.99. The van der Waals surface area contributed by atoms with Crippen LogP contribution in [0.5, 0.6) is 0 Å². The third-order valence-corrected chi connectivity index (χ3v) is 3.44. The van der Waals surface area contributed by atoms with Gasteiger partial charge >= 0.3 is 0 Å². The van der Waals surface area contributed by atoms with Crippen LogP contribution in [0, 0.1) is 17.7 Å². The van der Waals surface area contributed by atoms with Gasteiger partial charge in [-0.25, -0.2) is 4.39 Å². The van der Waals surface area contributed by atoms with Crippen molar-refractivity contribution < 1.29 is 4.39 Å². The second-order valence-electron chi connectivity index (χ2n) is 5.10. The van der Waals surface area contributed by atoms with Crippen molar-refractivity contribution >= 4 is 5.69 Å². The van der Waals surface area contributed by atoms with Crippen LogP contribution in [0.25, 0.3) is 0 Å². The summed E-state index contributed by atoms with van der Waals surface area (Å²) in [6.45, 7) is 0. The van der Waals surface area contributed by atoms with E-state index in [1.807, 2.05) is 66.7 Å². The number of hydrogen-bond donors (Lipinski definition) is 1. The predicted molar refractivity (Wildman–Crippen MR) is 92.5 cm³/mol. The van der Waals surface area contributed by atoms with Gasteiger partial charge in [0.05, 0.1) is 0 Å². The summed E-state index contributed by atoms with van der Waals surface area (Å²) in [6.07, 6.45) is 0. The highest BCUT2D eigenvalue weighted by molar-refractivity contribution is 5.49. The van der Waals surface area contributed by atoms with Crippen LogP contribution < -0.4 is 5.32 Å². The highest BCUT2D eigenvalue weighted by Gasteiger charge is 2.12. The largest absolute Gasteiger partial charge is 0.368 e. The first kappa shape index (κ1) is 14.9. The molecule has 2 heteroatoms. The van der Waals surface area contributed by atoms with Crippen molar-refractivity contribution in [2.75, 3.05) is 5.32 Å². The highest BCUT2D eigenvalue weighted by atomic mass is 19.1. The molecule has 0 aliphatic carbocycles. The lowest BCUT2D eigenvalue weighted by atomic mass is 10.1. The number of anilines is 1. The van der Waals surface area contributed by atoms with E-state index in [2.05, 4.69) is 17.2 Å². The lowest BCUT2D eigenvalue weighted by Crippen LogP contribution is -2.10. The van der Waals surface area contributed by atoms with Gasteiger partial charge in [0.2, 0.25) is 0 Å². The zero-order valence-electron chi connectivity index (χ0n) is 12.5. The Kier molecular flexibility index (Phi) is 4.71. The summed E-state index contributed by atoms with van der Waals surface area (Å²) < 4.78 is 14.2. The maximum Gasteiger partial charge on any atom is 0.129 e. The quantitative estimate of drug-likeness (QED) is 0.669. The van der Waals surface area contributed by atoms with Crippen molar-refractivity contribution in [3.05, 3.63) is 102 Å². The molecule has 3 aromatic carbocycles. The Morgan fingerprint density at radius 1 is 0.739 bits per heavy atom. The third-order valence-electron chi connectivity index (χ3n) is 3.44. The summed E-state index contributed by atoms with van der Waals surface area (Å²) in [5.74, 6) is 5.99. The molecular weight excluding hydrogens is 285 g/mol. The van der Waals surface area contributed by atoms with Gasteiger partial charge in [-0.05, 0) is 30.3 Å². The second-order valence-corrected chi connectivity index (χ2v) is 5.10. The molecule has 0 spiro atoms. The average Bonchev–Trinajstić information content (AvgIpc) is 2.61. The average molecular weight is 301 g/mol. The minimum Gasteiger partial charge on any atom is -0.368 e. The van der Waals surface area contributed by atoms with E-state index in [-0.39, 0.29) is 5.82 Å². The van der Waals surface area contributed by atoms with Gasteiger partial charge in [0.15, 0.2) is 0 Å². The fourth-order valence-electron chi connectivity index (χ4n) is 2.28. The molecule has 1 atom stereocenters. The molecule has 0 heterocycles. The number of benzene rings is 3. The Bertz CT molecular complexity index is 816. The van der Waals surface area contributed by atoms with Crippen molar-refractivity contribution in [1.82, 2.24) is 0 Å². The van der Waals surface area contributed by atoms with Crippen molar-refractivity contribution in [1.29, 1.82) is 0 Å². The molecule has 0 aromatic heterocycles. The van der Waals surface area contributed by atoms with Crippen LogP contribution in [0.2, 0.25) is 0 Å². The van der Waals surface area contributed by atoms with E-state index in [9.17, 15) is 4.39 Å². The van der Waals surface area contributed by atoms with Crippen LogP contribution in [0.4, 0.5) is 10.1 Å². The molecule has 0 aliphatic heterocycles. The Hall–Kier alpha value is -3.05. The number of rotatable bonds is 3. The van der Waals surface area contributed by atoms with Crippen molar-refractivity contribution in [3.63, 3.8) is 0 Å². The maximum absolute atomic E-state index is 14.2. The minimum absolute atomic E-state index is 0.261. The Labute approximate surface area is 135 Å². The Balaban J connectivity index is 1.94. The molecule has 0 radical (unpaired) electrons. The van der Waals surface area contributed by atoms with E-state index in [0.29, 0.717) is 5.56 Å². The topological polar surface area (TPSA) is 12.0 Å². The van der Waals surface area contributed by atoms with Crippen LogP contribution in [0.1, 0.15) is 17.2 Å². The summed E-state index contributed by atoms with van der Waals surface area (Å²) in [5, 5.41) is 3.29. The Morgan fingerprint density at radius 2 is 1.35 bits per heavy atom. The van der Waals surface area contributed by atoms with Gasteiger partial charge in [-0.3, -0.25) is 0 Å². The molecule has 23 heavy (non-hydrogen) atoms. The lowest BCUT2D eigenvalue weighted by Gasteiger charge is -2.15. The first-order valence-electron chi connectivity index (χ1n) is 7.45. The van der Waals surface area contributed by atoms with Gasteiger partial charge in [-0.2, -0.15) is 0 Å². The van der Waals surface area contributed by atoms with Gasteiger partial charge in [0.25, 0.3) is 0 Å². The van der Waals surface area contributed by atoms with Gasteiger partial charge in [0, 0.05) is 16.8 Å². The number of hydrogen-bond acceptors (Lipinski definition) is 1. The van der Waals surface area contributed by atoms with Crippen molar-refractivity contribution in [2.24, 2.45) is 0 Å². The van der Waals surface area contributed by atoms with Gasteiger partial charge < -0.3 is 5.32 Å². The van der Waals surface area contributed by atoms with E-state index in [4.69, 9.17) is 0 Å². The second kappa shape index (κ2) is 7.29. The smallest absolute Gasteiger partial charge is 0.129 e. The molecule has 1 unspecified atom stereocenters. The lowest BCUT2D eigenvalue weighted by molar-refractivity contribution is 0.608. The van der Waals surface area contributed by atoms with E-state index >= 15 is 0 Å². The fourth-order valence-corrected chi connectivity index (χ4v) is 2.28. The van der Waals surface area contributed by atoms with Crippen molar-refractivity contribution in [3.8, 4) is 11.8 Å². The van der Waals surface area contributed by atoms with Gasteiger partial charge in [0.1, 0.15) is 11.9 Å². The molecule has 0 saturated heterocycles. The molecular formula is C21H16FN. The summed E-state index contributed by atoms with van der Waals surface area (Å²) in [7, 11) is 0. The molecule has 0 bridgehead atoms. The first-order valence-corrected chi connectivity index (χ1v) is 7.45. The molecule has 3 aromatic rings. The summed E-state index contributed by atoms with van der Waals surface area (Å²) in [4.78, 5) is 0. The summed E-state index contributed by atoms with van der Waals surface area (Å²) in [5.41, 5.74) is 2.35. The normalized spacial score (nSPS) is 11.2. The zero-order chi connectivity index (χ0) is 15.9. The standard InChI is InChI=1S/C21H16FN/c22-20-14-8-7-13-19(20)21(23-18-11-5-2-6-12-18)16-15-17-9-3-1-4-10-17/h1-14,21,23H. The molecule has 1 N–H and O–H groups in total. The maximum atomic E-state index is 14.2. The van der Waals surface area contributed by atoms with E-state index in [0.717, 1.165) is 11.3 Å². The molecule has 0 saturated carbocycles. The summed E-state index contributed by atoms with van der Waals surface area (Å²) in [6, 6.07) is 25.7. The van der Waals surface area contributed by atoms with Gasteiger partial charge in [-0.1, -0.05) is 66.4 Å². The number of para-hydroxylation sites is 1. The van der Waals surface area contributed by atoms with Crippen LogP contribution in [-0.2, 0) is 0 Å². The van der Waals surface area contributed by atoms with E-state index in [1.54, 1.807) is 12.1 Å². The first-order chi connectivity index (χ1) is 11.3. The van der Waals surface area contributed by atoms with E-state index in [1.165, 1.54) is 6.07 Å². The molecule has 0 fully saturated rings. The van der Waals surface area contributed by atoms with E-state index < -0.39 is 6.04 Å². The molecule has 3 rings (SSSR count). The Morgan fingerprint density at radius 3 is 2.04 bits per heavy atom. The summed E-state index contributed by atoms with van der Waals surface area (Å²) >= 11 is 0. The van der Waals surface area contributed by atoms with Crippen LogP contribution in [-0.4, -0.2) is 0 Å². The minimum atomic E-state index is -0.418. The van der Waals surface area contributed by atoms with Crippen molar-refractivity contribution in [2.45, 2.75) is 6.04 Å².